The fourth-order valence-electron chi connectivity index (χ4n) is 8.69. The first-order chi connectivity index (χ1) is 33.5. The van der Waals surface area contributed by atoms with Crippen molar-refractivity contribution in [3.05, 3.63) is 190 Å². The van der Waals surface area contributed by atoms with Crippen molar-refractivity contribution in [3.8, 4) is 23.0 Å². The fraction of sp³-hybridized carbons (Fsp3) is 0.283. The van der Waals surface area contributed by atoms with Gasteiger partial charge in [0.15, 0.2) is 0 Å². The van der Waals surface area contributed by atoms with Gasteiger partial charge in [-0.05, 0) is 133 Å². The van der Waals surface area contributed by atoms with Crippen LogP contribution in [-0.4, -0.2) is 48.5 Å². The second-order valence-electron chi connectivity index (χ2n) is 17.5. The normalized spacial score (nSPS) is 15.2. The molecule has 4 aliphatic rings. The maximum absolute atomic E-state index is 6.11. The summed E-state index contributed by atoms with van der Waals surface area (Å²) >= 11 is 0. The van der Waals surface area contributed by atoms with Crippen molar-refractivity contribution in [3.63, 3.8) is 0 Å². The van der Waals surface area contributed by atoms with Crippen LogP contribution in [-0.2, 0) is 0 Å². The number of aromatic amines is 1. The number of aliphatic imine (C=N–C) groups is 3. The lowest BCUT2D eigenvalue weighted by atomic mass is 9.97. The van der Waals surface area contributed by atoms with Crippen LogP contribution in [0.15, 0.2) is 172 Å². The summed E-state index contributed by atoms with van der Waals surface area (Å²) in [5.41, 5.74) is 13.2. The van der Waals surface area contributed by atoms with Crippen molar-refractivity contribution >= 4 is 39.4 Å². The van der Waals surface area contributed by atoms with Crippen LogP contribution in [0.2, 0.25) is 0 Å². The zero-order valence-corrected chi connectivity index (χ0v) is 39.9. The molecule has 8 nitrogen and oxygen atoms in total. The molecule has 5 aromatic rings. The molecule has 9 rings (SSSR count). The SMILES string of the molecule is CCCCOc1ccc(C2=C3C=CC(=N3)C(c3ccc(OCCCC)cc3)=c3ccc([nH]3)=C(c3ccc(OCCCC)cc3)C3=NC(=C(c4ccc(OCCCC)cc4)C4=NC2=CC4)C=C3)cc1. The molecule has 4 aliphatic heterocycles. The minimum atomic E-state index is 0.622. The zero-order chi connectivity index (χ0) is 46.7. The second-order valence-corrected chi connectivity index (χ2v) is 17.5. The Labute approximate surface area is 401 Å². The Morgan fingerprint density at radius 2 is 0.750 bits per heavy atom. The highest BCUT2D eigenvalue weighted by molar-refractivity contribution is 6.33. The lowest BCUT2D eigenvalue weighted by Crippen LogP contribution is -2.21. The van der Waals surface area contributed by atoms with E-state index in [9.17, 15) is 0 Å². The van der Waals surface area contributed by atoms with Gasteiger partial charge in [-0.2, -0.15) is 0 Å². The average molecular weight is 903 g/mol. The summed E-state index contributed by atoms with van der Waals surface area (Å²) in [6.45, 7) is 11.5. The number of nitrogens with zero attached hydrogens (tertiary/aromatic N) is 3. The molecule has 0 atom stereocenters. The number of ether oxygens (including phenoxy) is 4. The van der Waals surface area contributed by atoms with Crippen LogP contribution in [0.1, 0.15) is 108 Å². The number of rotatable bonds is 20. The van der Waals surface area contributed by atoms with E-state index in [-0.39, 0.29) is 0 Å². The van der Waals surface area contributed by atoms with E-state index in [1.807, 2.05) is 0 Å². The first-order valence-corrected chi connectivity index (χ1v) is 24.7. The van der Waals surface area contributed by atoms with E-state index in [1.54, 1.807) is 0 Å². The molecular formula is C60H62N4O4. The van der Waals surface area contributed by atoms with Gasteiger partial charge < -0.3 is 23.9 Å². The van der Waals surface area contributed by atoms with Crippen molar-refractivity contribution in [1.29, 1.82) is 0 Å². The fourth-order valence-corrected chi connectivity index (χ4v) is 8.69. The summed E-state index contributed by atoms with van der Waals surface area (Å²) in [6, 6.07) is 37.9. The van der Waals surface area contributed by atoms with E-state index in [1.165, 1.54) is 0 Å². The van der Waals surface area contributed by atoms with Crippen LogP contribution < -0.4 is 29.6 Å². The zero-order valence-electron chi connectivity index (χ0n) is 39.9. The molecule has 0 aliphatic carbocycles. The van der Waals surface area contributed by atoms with Crippen molar-refractivity contribution in [2.45, 2.75) is 85.5 Å². The third-order valence-electron chi connectivity index (χ3n) is 12.5. The van der Waals surface area contributed by atoms with Gasteiger partial charge in [0.05, 0.1) is 60.7 Å². The Morgan fingerprint density at radius 3 is 1.13 bits per heavy atom. The molecule has 0 saturated heterocycles. The van der Waals surface area contributed by atoms with E-state index < -0.39 is 0 Å². The van der Waals surface area contributed by atoms with Crippen molar-refractivity contribution < 1.29 is 18.9 Å². The van der Waals surface area contributed by atoms with Gasteiger partial charge in [0.1, 0.15) is 23.0 Å². The lowest BCUT2D eigenvalue weighted by Gasteiger charge is -2.14. The summed E-state index contributed by atoms with van der Waals surface area (Å²) in [4.78, 5) is 20.4. The van der Waals surface area contributed by atoms with Gasteiger partial charge in [-0.1, -0.05) is 108 Å². The van der Waals surface area contributed by atoms with E-state index >= 15 is 0 Å². The molecule has 0 fully saturated rings. The van der Waals surface area contributed by atoms with E-state index in [4.69, 9.17) is 33.9 Å². The maximum atomic E-state index is 6.11. The van der Waals surface area contributed by atoms with Gasteiger partial charge in [0, 0.05) is 39.4 Å². The molecule has 8 heteroatoms. The monoisotopic (exact) mass is 902 g/mol. The van der Waals surface area contributed by atoms with Gasteiger partial charge in [-0.3, -0.25) is 4.99 Å². The van der Waals surface area contributed by atoms with Crippen LogP contribution >= 0.6 is 0 Å². The summed E-state index contributed by atoms with van der Waals surface area (Å²) in [7, 11) is 0. The molecule has 0 spiro atoms. The lowest BCUT2D eigenvalue weighted by molar-refractivity contribution is 0.309. The van der Waals surface area contributed by atoms with Gasteiger partial charge >= 0.3 is 0 Å². The minimum absolute atomic E-state index is 0.622. The molecule has 0 amide bonds. The molecule has 4 aromatic carbocycles. The van der Waals surface area contributed by atoms with Crippen LogP contribution in [0.5, 0.6) is 23.0 Å². The molecule has 68 heavy (non-hydrogen) atoms. The highest BCUT2D eigenvalue weighted by atomic mass is 16.5. The number of nitrogens with one attached hydrogen (secondary N) is 1. The number of fused-ring (bicyclic) bond motifs is 5. The van der Waals surface area contributed by atoms with Crippen LogP contribution in [0.25, 0.3) is 22.3 Å². The van der Waals surface area contributed by atoms with Crippen molar-refractivity contribution in [1.82, 2.24) is 4.98 Å². The number of benzene rings is 4. The molecule has 0 unspecified atom stereocenters. The van der Waals surface area contributed by atoms with Crippen molar-refractivity contribution in [2.75, 3.05) is 26.4 Å². The maximum Gasteiger partial charge on any atom is 0.119 e. The third kappa shape index (κ3) is 10.5. The number of allylic oxidation sites excluding steroid dienone is 7. The highest BCUT2D eigenvalue weighted by Gasteiger charge is 2.27. The number of hydrogen-bond acceptors (Lipinski definition) is 7. The Morgan fingerprint density at radius 1 is 0.397 bits per heavy atom. The van der Waals surface area contributed by atoms with Gasteiger partial charge in [0.2, 0.25) is 0 Å². The van der Waals surface area contributed by atoms with Crippen LogP contribution in [0.4, 0.5) is 0 Å². The third-order valence-corrected chi connectivity index (χ3v) is 12.5. The molecule has 0 radical (unpaired) electrons. The Hall–Kier alpha value is -7.19. The van der Waals surface area contributed by atoms with Crippen LogP contribution in [0.3, 0.4) is 0 Å². The molecule has 8 bridgehead atoms. The van der Waals surface area contributed by atoms with E-state index in [0.29, 0.717) is 32.8 Å². The second kappa shape index (κ2) is 22.1. The number of H-pyrrole nitrogens is 1. The minimum Gasteiger partial charge on any atom is -0.494 e. The van der Waals surface area contributed by atoms with E-state index in [2.05, 4.69) is 172 Å². The first-order valence-electron chi connectivity index (χ1n) is 24.7. The quantitative estimate of drug-likeness (QED) is 0.0788. The standard InChI is InChI=1S/C60H62N4O4/c1-5-9-37-65-45-21-13-41(14-22-45)57-49-29-31-51(61-49)58(42-15-23-46(24-16-42)66-38-10-6-2)53-33-35-55(63-53)60(44-19-27-48(28-20-44)68-40-12-8-4)56-36-34-54(64-56)59(52-32-30-50(57)62-52)43-17-25-47(26-18-43)67-39-11-7-3/h13-35,61H,5-12,36-40H2,1-4H3. The molecule has 0 saturated carbocycles. The van der Waals surface area contributed by atoms with Crippen LogP contribution in [0, 0.1) is 0 Å². The Bertz CT molecular complexity index is 2980. The number of aromatic nitrogens is 1. The largest absolute Gasteiger partial charge is 0.494 e. The van der Waals surface area contributed by atoms with Crippen molar-refractivity contribution in [2.24, 2.45) is 15.0 Å². The number of unbranched alkanes of at least 4 members (excludes halogenated alkanes) is 4. The topological polar surface area (TPSA) is 89.8 Å². The summed E-state index contributed by atoms with van der Waals surface area (Å²) in [5.74, 6) is 3.40. The summed E-state index contributed by atoms with van der Waals surface area (Å²) < 4.78 is 24.5. The average Bonchev–Trinajstić information content (AvgIpc) is 4.23. The predicted molar refractivity (Wildman–Crippen MR) is 280 cm³/mol. The smallest absolute Gasteiger partial charge is 0.119 e. The molecule has 1 N–H and O–H groups in total. The Balaban J connectivity index is 1.27. The molecule has 1 aromatic heterocycles. The highest BCUT2D eigenvalue weighted by Crippen LogP contribution is 2.39. The predicted octanol–water partition coefficient (Wildman–Crippen LogP) is 12.7. The molecule has 346 valence electrons. The molecular weight excluding hydrogens is 841 g/mol. The summed E-state index contributed by atoms with van der Waals surface area (Å²) in [6.07, 6.45) is 19.7. The van der Waals surface area contributed by atoms with Gasteiger partial charge in [-0.25, -0.2) is 9.98 Å². The number of hydrogen-bond donors (Lipinski definition) is 1. The van der Waals surface area contributed by atoms with Gasteiger partial charge in [-0.15, -0.1) is 0 Å². The van der Waals surface area contributed by atoms with Gasteiger partial charge in [0.25, 0.3) is 0 Å². The Kier molecular flexibility index (Phi) is 14.9. The molecule has 5 heterocycles. The summed E-state index contributed by atoms with van der Waals surface area (Å²) in [5, 5.41) is 1.87. The van der Waals surface area contributed by atoms with E-state index in [0.717, 1.165) is 164 Å². The first kappa shape index (κ1) is 45.9.